The number of amides is 1. The molecule has 27 heavy (non-hydrogen) atoms. The van der Waals surface area contributed by atoms with Gasteiger partial charge in [-0.15, -0.1) is 5.10 Å². The molecule has 1 saturated heterocycles. The van der Waals surface area contributed by atoms with Crippen LogP contribution in [0.1, 0.15) is 16.2 Å². The standard InChI is InChI=1S/C19H20N6O2/c26-17-8-4-5-15(13-17)19(27)24-11-9-23(10-12-24)14-18-20-21-22-25(18)16-6-2-1-3-7-16/h1-8,13,26H,9-12,14H2. The number of hydrogen-bond donors (Lipinski definition) is 1. The van der Waals surface area contributed by atoms with Gasteiger partial charge in [0.15, 0.2) is 5.82 Å². The van der Waals surface area contributed by atoms with Gasteiger partial charge in [0.05, 0.1) is 12.2 Å². The fraction of sp³-hybridized carbons (Fsp3) is 0.263. The Hall–Kier alpha value is -3.26. The molecule has 8 nitrogen and oxygen atoms in total. The van der Waals surface area contributed by atoms with Crippen molar-refractivity contribution >= 4 is 5.91 Å². The van der Waals surface area contributed by atoms with Gasteiger partial charge < -0.3 is 10.0 Å². The summed E-state index contributed by atoms with van der Waals surface area (Å²) in [5.74, 6) is 0.820. The lowest BCUT2D eigenvalue weighted by Crippen LogP contribution is -2.48. The highest BCUT2D eigenvalue weighted by Crippen LogP contribution is 2.15. The first kappa shape index (κ1) is 17.2. The van der Waals surface area contributed by atoms with E-state index in [9.17, 15) is 9.90 Å². The molecule has 1 amide bonds. The van der Waals surface area contributed by atoms with Crippen LogP contribution in [-0.2, 0) is 6.54 Å². The largest absolute Gasteiger partial charge is 0.508 e. The SMILES string of the molecule is O=C(c1cccc(O)c1)N1CCN(Cc2nnnn2-c2ccccc2)CC1. The Bertz CT molecular complexity index is 919. The van der Waals surface area contributed by atoms with Crippen LogP contribution in [-0.4, -0.2) is 67.2 Å². The summed E-state index contributed by atoms with van der Waals surface area (Å²) < 4.78 is 1.74. The summed E-state index contributed by atoms with van der Waals surface area (Å²) in [7, 11) is 0. The lowest BCUT2D eigenvalue weighted by molar-refractivity contribution is 0.0624. The highest BCUT2D eigenvalue weighted by Gasteiger charge is 2.23. The van der Waals surface area contributed by atoms with Crippen LogP contribution in [0.5, 0.6) is 5.75 Å². The van der Waals surface area contributed by atoms with Crippen LogP contribution in [0.15, 0.2) is 54.6 Å². The van der Waals surface area contributed by atoms with Gasteiger partial charge in [0, 0.05) is 31.7 Å². The van der Waals surface area contributed by atoms with Gasteiger partial charge in [-0.2, -0.15) is 4.68 Å². The van der Waals surface area contributed by atoms with Crippen molar-refractivity contribution in [2.45, 2.75) is 6.54 Å². The maximum atomic E-state index is 12.6. The third-order valence-corrected chi connectivity index (χ3v) is 4.65. The quantitative estimate of drug-likeness (QED) is 0.751. The number of rotatable bonds is 4. The molecule has 1 aliphatic rings. The van der Waals surface area contributed by atoms with Crippen LogP contribution >= 0.6 is 0 Å². The first-order valence-electron chi connectivity index (χ1n) is 8.84. The molecule has 0 bridgehead atoms. The minimum Gasteiger partial charge on any atom is -0.508 e. The van der Waals surface area contributed by atoms with E-state index < -0.39 is 0 Å². The monoisotopic (exact) mass is 364 g/mol. The molecule has 0 spiro atoms. The number of tetrazole rings is 1. The predicted molar refractivity (Wildman–Crippen MR) is 98.4 cm³/mol. The molecule has 2 aromatic carbocycles. The average molecular weight is 364 g/mol. The predicted octanol–water partition coefficient (Wildman–Crippen LogP) is 1.33. The van der Waals surface area contributed by atoms with E-state index in [0.717, 1.165) is 24.6 Å². The second kappa shape index (κ2) is 7.55. The number of nitrogens with zero attached hydrogens (tertiary/aromatic N) is 6. The zero-order valence-corrected chi connectivity index (χ0v) is 14.8. The first-order valence-corrected chi connectivity index (χ1v) is 8.84. The summed E-state index contributed by atoms with van der Waals surface area (Å²) in [6.45, 7) is 3.36. The van der Waals surface area contributed by atoms with E-state index in [1.807, 2.05) is 35.2 Å². The molecule has 0 radical (unpaired) electrons. The molecule has 0 atom stereocenters. The summed E-state index contributed by atoms with van der Waals surface area (Å²) in [5.41, 5.74) is 1.44. The molecule has 138 valence electrons. The van der Waals surface area contributed by atoms with Crippen LogP contribution in [0.4, 0.5) is 0 Å². The number of carbonyl (C=O) groups excluding carboxylic acids is 1. The maximum Gasteiger partial charge on any atom is 0.254 e. The lowest BCUT2D eigenvalue weighted by Gasteiger charge is -2.34. The van der Waals surface area contributed by atoms with Crippen molar-refractivity contribution in [2.24, 2.45) is 0 Å². The summed E-state index contributed by atoms with van der Waals surface area (Å²) >= 11 is 0. The zero-order valence-electron chi connectivity index (χ0n) is 14.8. The summed E-state index contributed by atoms with van der Waals surface area (Å²) in [6.07, 6.45) is 0. The number of phenols is 1. The molecular formula is C19H20N6O2. The van der Waals surface area contributed by atoms with Crippen LogP contribution in [0.2, 0.25) is 0 Å². The Labute approximate surface area is 156 Å². The molecule has 8 heteroatoms. The van der Waals surface area contributed by atoms with Gasteiger partial charge in [-0.3, -0.25) is 9.69 Å². The van der Waals surface area contributed by atoms with Gasteiger partial charge in [-0.05, 0) is 40.8 Å². The van der Waals surface area contributed by atoms with Crippen molar-refractivity contribution in [2.75, 3.05) is 26.2 Å². The number of aromatic nitrogens is 4. The van der Waals surface area contributed by atoms with Gasteiger partial charge in [0.2, 0.25) is 0 Å². The van der Waals surface area contributed by atoms with E-state index in [2.05, 4.69) is 20.4 Å². The number of hydrogen-bond acceptors (Lipinski definition) is 6. The third kappa shape index (κ3) is 3.80. The number of aromatic hydroxyl groups is 1. The molecule has 3 aromatic rings. The second-order valence-corrected chi connectivity index (χ2v) is 6.46. The molecule has 0 aliphatic carbocycles. The topological polar surface area (TPSA) is 87.4 Å². The second-order valence-electron chi connectivity index (χ2n) is 6.46. The summed E-state index contributed by atoms with van der Waals surface area (Å²) in [6, 6.07) is 16.3. The highest BCUT2D eigenvalue weighted by molar-refractivity contribution is 5.94. The first-order chi connectivity index (χ1) is 13.2. The van der Waals surface area contributed by atoms with E-state index in [-0.39, 0.29) is 11.7 Å². The van der Waals surface area contributed by atoms with E-state index in [4.69, 9.17) is 0 Å². The highest BCUT2D eigenvalue weighted by atomic mass is 16.3. The van der Waals surface area contributed by atoms with Crippen molar-refractivity contribution in [3.8, 4) is 11.4 Å². The molecule has 1 aromatic heterocycles. The molecule has 1 aliphatic heterocycles. The Morgan fingerprint density at radius 2 is 1.78 bits per heavy atom. The minimum atomic E-state index is -0.0559. The van der Waals surface area contributed by atoms with Gasteiger partial charge >= 0.3 is 0 Å². The Balaban J connectivity index is 1.38. The number of para-hydroxylation sites is 1. The van der Waals surface area contributed by atoms with E-state index in [0.29, 0.717) is 25.2 Å². The molecule has 1 fully saturated rings. The van der Waals surface area contributed by atoms with E-state index in [1.165, 1.54) is 6.07 Å². The van der Waals surface area contributed by atoms with Crippen molar-refractivity contribution in [1.29, 1.82) is 0 Å². The molecule has 2 heterocycles. The normalized spacial score (nSPS) is 15.0. The molecule has 0 unspecified atom stereocenters. The van der Waals surface area contributed by atoms with E-state index in [1.54, 1.807) is 22.9 Å². The third-order valence-electron chi connectivity index (χ3n) is 4.65. The van der Waals surface area contributed by atoms with Gasteiger partial charge in [0.25, 0.3) is 5.91 Å². The molecule has 4 rings (SSSR count). The average Bonchev–Trinajstić information content (AvgIpc) is 3.17. The van der Waals surface area contributed by atoms with Crippen LogP contribution in [0.25, 0.3) is 5.69 Å². The number of carbonyl (C=O) groups is 1. The molecular weight excluding hydrogens is 344 g/mol. The number of benzene rings is 2. The Morgan fingerprint density at radius 1 is 1.00 bits per heavy atom. The van der Waals surface area contributed by atoms with Gasteiger partial charge in [-0.25, -0.2) is 0 Å². The Kier molecular flexibility index (Phi) is 4.80. The summed E-state index contributed by atoms with van der Waals surface area (Å²) in [4.78, 5) is 16.6. The lowest BCUT2D eigenvalue weighted by atomic mass is 10.1. The van der Waals surface area contributed by atoms with Crippen molar-refractivity contribution in [3.63, 3.8) is 0 Å². The summed E-state index contributed by atoms with van der Waals surface area (Å²) in [5, 5.41) is 21.6. The molecule has 0 saturated carbocycles. The van der Waals surface area contributed by atoms with Crippen molar-refractivity contribution in [1.82, 2.24) is 30.0 Å². The fourth-order valence-electron chi connectivity index (χ4n) is 3.20. The smallest absolute Gasteiger partial charge is 0.254 e. The molecule has 1 N–H and O–H groups in total. The van der Waals surface area contributed by atoms with Crippen molar-refractivity contribution < 1.29 is 9.90 Å². The fourth-order valence-corrected chi connectivity index (χ4v) is 3.20. The maximum absolute atomic E-state index is 12.6. The van der Waals surface area contributed by atoms with Crippen LogP contribution < -0.4 is 0 Å². The van der Waals surface area contributed by atoms with Crippen molar-refractivity contribution in [3.05, 3.63) is 66.0 Å². The van der Waals surface area contributed by atoms with Gasteiger partial charge in [-0.1, -0.05) is 24.3 Å². The van der Waals surface area contributed by atoms with E-state index >= 15 is 0 Å². The number of phenolic OH excluding ortho intramolecular Hbond substituents is 1. The van der Waals surface area contributed by atoms with Gasteiger partial charge in [0.1, 0.15) is 5.75 Å². The van der Waals surface area contributed by atoms with Crippen LogP contribution in [0.3, 0.4) is 0 Å². The van der Waals surface area contributed by atoms with Crippen LogP contribution in [0, 0.1) is 0 Å². The zero-order chi connectivity index (χ0) is 18.6. The Morgan fingerprint density at radius 3 is 2.52 bits per heavy atom. The minimum absolute atomic E-state index is 0.0559. The number of piperazine rings is 1.